The third kappa shape index (κ3) is 3.54. The van der Waals surface area contributed by atoms with Crippen LogP contribution in [0.15, 0.2) is 41.3 Å². The van der Waals surface area contributed by atoms with Crippen LogP contribution in [0.4, 0.5) is 15.0 Å². The molecule has 0 bridgehead atoms. The summed E-state index contributed by atoms with van der Waals surface area (Å²) in [5.74, 6) is 1.16. The number of halogens is 1. The fraction of sp³-hybridized carbons (Fsp3) is 0.375. The van der Waals surface area contributed by atoms with Crippen molar-refractivity contribution in [3.05, 3.63) is 58.3 Å². The molecule has 1 amide bonds. The Morgan fingerprint density at radius 3 is 2.79 bits per heavy atom. The van der Waals surface area contributed by atoms with Gasteiger partial charge in [-0.05, 0) is 36.6 Å². The number of fused-ring (bicyclic) bond motifs is 1. The second kappa shape index (κ2) is 8.28. The molecule has 3 aliphatic heterocycles. The molecule has 0 unspecified atom stereocenters. The topological polar surface area (TPSA) is 94.9 Å². The number of nitrogens with one attached hydrogen (secondary N) is 1. The van der Waals surface area contributed by atoms with Crippen LogP contribution in [-0.2, 0) is 11.3 Å². The standard InChI is InChI=1S/C24H23FN4O5/c25-17-3-1-14-2-4-21(30)29-12-15(22(17)23(14)29)10-26-6-5-16-13-28(24(31)34-16)20-9-18-19(11-27-20)33-8-7-32-18/h1-4,9,11,15-16,26H,5-8,10,12-13H2/t15-,16+/m0/s1. The van der Waals surface area contributed by atoms with E-state index in [0.717, 1.165) is 5.39 Å². The summed E-state index contributed by atoms with van der Waals surface area (Å²) in [7, 11) is 0. The molecule has 34 heavy (non-hydrogen) atoms. The number of carbonyl (C=O) groups excluding carboxylic acids is 1. The average molecular weight is 466 g/mol. The third-order valence-electron chi connectivity index (χ3n) is 6.55. The Morgan fingerprint density at radius 2 is 1.91 bits per heavy atom. The smallest absolute Gasteiger partial charge is 0.415 e. The fourth-order valence-electron chi connectivity index (χ4n) is 4.93. The Bertz CT molecular complexity index is 1340. The molecule has 1 N–H and O–H groups in total. The molecule has 1 fully saturated rings. The SMILES string of the molecule is O=C1O[C@H](CCNC[C@H]2Cn3c(=O)ccc4ccc(F)c2c43)CN1c1cc2c(cn1)OCCO2. The van der Waals surface area contributed by atoms with E-state index in [2.05, 4.69) is 10.3 Å². The molecule has 5 heterocycles. The van der Waals surface area contributed by atoms with Crippen LogP contribution in [0.3, 0.4) is 0 Å². The summed E-state index contributed by atoms with van der Waals surface area (Å²) >= 11 is 0. The van der Waals surface area contributed by atoms with Crippen LogP contribution in [0.25, 0.3) is 10.9 Å². The van der Waals surface area contributed by atoms with Crippen LogP contribution in [0.1, 0.15) is 17.9 Å². The molecular formula is C24H23FN4O5. The molecule has 0 saturated carbocycles. The molecule has 3 aromatic rings. The van der Waals surface area contributed by atoms with Crippen molar-refractivity contribution in [2.24, 2.45) is 0 Å². The molecule has 1 saturated heterocycles. The molecule has 176 valence electrons. The van der Waals surface area contributed by atoms with Crippen LogP contribution in [0.5, 0.6) is 11.5 Å². The number of carbonyl (C=O) groups is 1. The number of hydrogen-bond donors (Lipinski definition) is 1. The normalized spacial score (nSPS) is 20.7. The predicted octanol–water partition coefficient (Wildman–Crippen LogP) is 2.41. The van der Waals surface area contributed by atoms with Crippen LogP contribution in [0, 0.1) is 5.82 Å². The lowest BCUT2D eigenvalue weighted by atomic mass is 9.99. The number of benzene rings is 1. The average Bonchev–Trinajstić information content (AvgIpc) is 3.42. The Morgan fingerprint density at radius 1 is 1.09 bits per heavy atom. The maximum atomic E-state index is 14.6. The second-order valence-electron chi connectivity index (χ2n) is 8.67. The first kappa shape index (κ1) is 20.9. The van der Waals surface area contributed by atoms with Gasteiger partial charge in [-0.2, -0.15) is 0 Å². The summed E-state index contributed by atoms with van der Waals surface area (Å²) in [6, 6.07) is 8.12. The van der Waals surface area contributed by atoms with Gasteiger partial charge in [-0.25, -0.2) is 14.2 Å². The van der Waals surface area contributed by atoms with Crippen molar-refractivity contribution in [2.45, 2.75) is 25.0 Å². The summed E-state index contributed by atoms with van der Waals surface area (Å²) in [6.45, 7) is 2.85. The Hall–Kier alpha value is -3.66. The van der Waals surface area contributed by atoms with Crippen molar-refractivity contribution in [1.82, 2.24) is 14.9 Å². The highest BCUT2D eigenvalue weighted by Gasteiger charge is 2.34. The second-order valence-corrected chi connectivity index (χ2v) is 8.67. The van der Waals surface area contributed by atoms with Gasteiger partial charge in [0.1, 0.15) is 31.0 Å². The number of ether oxygens (including phenoxy) is 3. The van der Waals surface area contributed by atoms with Gasteiger partial charge in [0.2, 0.25) is 0 Å². The van der Waals surface area contributed by atoms with Gasteiger partial charge < -0.3 is 24.1 Å². The van der Waals surface area contributed by atoms with Crippen LogP contribution in [0.2, 0.25) is 0 Å². The van der Waals surface area contributed by atoms with E-state index in [1.807, 2.05) is 0 Å². The van der Waals surface area contributed by atoms with Crippen molar-refractivity contribution in [3.8, 4) is 11.5 Å². The van der Waals surface area contributed by atoms with Crippen molar-refractivity contribution in [2.75, 3.05) is 37.7 Å². The molecule has 9 nitrogen and oxygen atoms in total. The molecule has 0 radical (unpaired) electrons. The van der Waals surface area contributed by atoms with E-state index in [-0.39, 0.29) is 23.4 Å². The Balaban J connectivity index is 1.06. The summed E-state index contributed by atoms with van der Waals surface area (Å²) in [5, 5.41) is 4.21. The molecule has 0 aliphatic carbocycles. The van der Waals surface area contributed by atoms with Crippen molar-refractivity contribution >= 4 is 22.8 Å². The lowest BCUT2D eigenvalue weighted by molar-refractivity contribution is 0.136. The molecular weight excluding hydrogens is 443 g/mol. The van der Waals surface area contributed by atoms with Crippen LogP contribution < -0.4 is 25.2 Å². The van der Waals surface area contributed by atoms with Gasteiger partial charge in [0, 0.05) is 36.7 Å². The highest BCUT2D eigenvalue weighted by atomic mass is 19.1. The quantitative estimate of drug-likeness (QED) is 0.558. The van der Waals surface area contributed by atoms with Gasteiger partial charge in [-0.1, -0.05) is 0 Å². The van der Waals surface area contributed by atoms with E-state index in [1.165, 1.54) is 17.0 Å². The minimum absolute atomic E-state index is 0.118. The molecule has 0 spiro atoms. The fourth-order valence-corrected chi connectivity index (χ4v) is 4.93. The van der Waals surface area contributed by atoms with Crippen LogP contribution in [-0.4, -0.2) is 54.6 Å². The number of pyridine rings is 2. The molecule has 3 aliphatic rings. The van der Waals surface area contributed by atoms with Crippen molar-refractivity contribution < 1.29 is 23.4 Å². The number of hydrogen-bond acceptors (Lipinski definition) is 7. The number of aromatic nitrogens is 2. The summed E-state index contributed by atoms with van der Waals surface area (Å²) in [4.78, 5) is 30.4. The molecule has 1 aromatic carbocycles. The number of anilines is 1. The van der Waals surface area contributed by atoms with E-state index in [1.54, 1.807) is 29.0 Å². The number of nitrogens with zero attached hydrogens (tertiary/aromatic N) is 3. The zero-order valence-corrected chi connectivity index (χ0v) is 18.3. The van der Waals surface area contributed by atoms with E-state index >= 15 is 0 Å². The largest absolute Gasteiger partial charge is 0.486 e. The van der Waals surface area contributed by atoms with Gasteiger partial charge in [-0.15, -0.1) is 0 Å². The first-order valence-corrected chi connectivity index (χ1v) is 11.3. The van der Waals surface area contributed by atoms with Gasteiger partial charge >= 0.3 is 6.09 Å². The minimum Gasteiger partial charge on any atom is -0.486 e. The van der Waals surface area contributed by atoms with Gasteiger partial charge in [0.05, 0.1) is 18.3 Å². The highest BCUT2D eigenvalue weighted by Crippen LogP contribution is 2.35. The van der Waals surface area contributed by atoms with Gasteiger partial charge in [-0.3, -0.25) is 9.69 Å². The van der Waals surface area contributed by atoms with Gasteiger partial charge in [0.25, 0.3) is 5.56 Å². The number of amides is 1. The molecule has 2 atom stereocenters. The van der Waals surface area contributed by atoms with Crippen LogP contribution >= 0.6 is 0 Å². The molecule has 2 aromatic heterocycles. The zero-order chi connectivity index (χ0) is 23.2. The third-order valence-corrected chi connectivity index (χ3v) is 6.55. The first-order chi connectivity index (χ1) is 16.6. The maximum absolute atomic E-state index is 14.6. The van der Waals surface area contributed by atoms with Crippen molar-refractivity contribution in [3.63, 3.8) is 0 Å². The summed E-state index contributed by atoms with van der Waals surface area (Å²) < 4.78 is 32.8. The van der Waals surface area contributed by atoms with E-state index < -0.39 is 6.09 Å². The monoisotopic (exact) mass is 466 g/mol. The van der Waals surface area contributed by atoms with Crippen molar-refractivity contribution in [1.29, 1.82) is 0 Å². The highest BCUT2D eigenvalue weighted by molar-refractivity contribution is 5.89. The Kier molecular flexibility index (Phi) is 5.09. The number of rotatable bonds is 6. The lowest BCUT2D eigenvalue weighted by Gasteiger charge is -2.20. The maximum Gasteiger partial charge on any atom is 0.415 e. The lowest BCUT2D eigenvalue weighted by Crippen LogP contribution is -2.29. The minimum atomic E-state index is -0.450. The summed E-state index contributed by atoms with van der Waals surface area (Å²) in [5.41, 5.74) is 1.16. The van der Waals surface area contributed by atoms with E-state index in [0.29, 0.717) is 74.2 Å². The molecule has 10 heteroatoms. The first-order valence-electron chi connectivity index (χ1n) is 11.3. The predicted molar refractivity (Wildman–Crippen MR) is 121 cm³/mol. The van der Waals surface area contributed by atoms with E-state index in [9.17, 15) is 14.0 Å². The number of cyclic esters (lactones) is 1. The van der Waals surface area contributed by atoms with E-state index in [4.69, 9.17) is 14.2 Å². The Labute approximate surface area is 194 Å². The van der Waals surface area contributed by atoms with Gasteiger partial charge in [0.15, 0.2) is 11.5 Å². The summed E-state index contributed by atoms with van der Waals surface area (Å²) in [6.07, 6.45) is 1.41. The molecule has 6 rings (SSSR count). The zero-order valence-electron chi connectivity index (χ0n) is 18.3.